The zero-order valence-corrected chi connectivity index (χ0v) is 22.7. The molecule has 0 radical (unpaired) electrons. The summed E-state index contributed by atoms with van der Waals surface area (Å²) in [4.78, 5) is 28.4. The molecule has 1 atom stereocenters. The molecule has 32 heavy (non-hydrogen) atoms. The predicted molar refractivity (Wildman–Crippen MR) is 133 cm³/mol. The van der Waals surface area contributed by atoms with E-state index in [2.05, 4.69) is 32.8 Å². The molecule has 0 N–H and O–H groups in total. The zero-order chi connectivity index (χ0) is 23.6. The smallest absolute Gasteiger partial charge is 0.224 e. The van der Waals surface area contributed by atoms with Crippen molar-refractivity contribution in [2.75, 3.05) is 46.0 Å². The minimum absolute atomic E-state index is 0.114. The van der Waals surface area contributed by atoms with Crippen molar-refractivity contribution in [2.24, 2.45) is 0 Å². The van der Waals surface area contributed by atoms with Crippen LogP contribution in [-0.4, -0.2) is 90.4 Å². The summed E-state index contributed by atoms with van der Waals surface area (Å²) in [7, 11) is -3.44. The lowest BCUT2D eigenvalue weighted by Crippen LogP contribution is -2.44. The maximum absolute atomic E-state index is 12.5. The lowest BCUT2D eigenvalue weighted by molar-refractivity contribution is -0.138. The number of nitrogens with zero attached hydrogens (tertiary/aromatic N) is 2. The number of hydrogen-bond donors (Lipinski definition) is 0. The highest BCUT2D eigenvalue weighted by atomic mass is 28.4. The first-order valence-corrected chi connectivity index (χ1v) is 18.4. The fourth-order valence-electron chi connectivity index (χ4n) is 4.29. The number of amides is 2. The van der Waals surface area contributed by atoms with Gasteiger partial charge in [-0.2, -0.15) is 0 Å². The molecule has 1 unspecified atom stereocenters. The number of epoxide rings is 1. The van der Waals surface area contributed by atoms with Crippen molar-refractivity contribution in [3.63, 3.8) is 0 Å². The van der Waals surface area contributed by atoms with Gasteiger partial charge in [0.15, 0.2) is 16.6 Å². The van der Waals surface area contributed by atoms with Crippen molar-refractivity contribution in [3.05, 3.63) is 12.7 Å². The van der Waals surface area contributed by atoms with Gasteiger partial charge >= 0.3 is 0 Å². The number of carbonyl (C=O) groups is 2. The Labute approximate surface area is 196 Å². The summed E-state index contributed by atoms with van der Waals surface area (Å²) in [6.07, 6.45) is 5.95. The molecular formula is C23H44N2O5Si2. The van der Waals surface area contributed by atoms with Crippen LogP contribution >= 0.6 is 0 Å². The molecule has 0 aliphatic carbocycles. The fourth-order valence-corrected chi connectivity index (χ4v) is 13.2. The van der Waals surface area contributed by atoms with E-state index in [1.54, 1.807) is 11.0 Å². The lowest BCUT2D eigenvalue weighted by Gasteiger charge is -2.34. The predicted octanol–water partition coefficient (Wildman–Crippen LogP) is 3.64. The summed E-state index contributed by atoms with van der Waals surface area (Å²) < 4.78 is 17.6. The summed E-state index contributed by atoms with van der Waals surface area (Å²) in [6.45, 7) is 17.6. The second kappa shape index (κ2) is 13.0. The van der Waals surface area contributed by atoms with Crippen LogP contribution in [0.25, 0.3) is 0 Å². The average Bonchev–Trinajstić information content (AvgIpc) is 3.52. The van der Waals surface area contributed by atoms with Crippen molar-refractivity contribution < 1.29 is 23.2 Å². The number of carbonyl (C=O) groups excluding carboxylic acids is 2. The second-order valence-corrected chi connectivity index (χ2v) is 19.1. The Balaban J connectivity index is 1.64. The first-order chi connectivity index (χ1) is 15.1. The van der Waals surface area contributed by atoms with Crippen LogP contribution < -0.4 is 0 Å². The summed E-state index contributed by atoms with van der Waals surface area (Å²) >= 11 is 0. The normalized spacial score (nSPS) is 20.3. The Morgan fingerprint density at radius 2 is 1.59 bits per heavy atom. The van der Waals surface area contributed by atoms with E-state index in [9.17, 15) is 9.59 Å². The number of hydrogen-bond acceptors (Lipinski definition) is 5. The van der Waals surface area contributed by atoms with Crippen LogP contribution in [-0.2, 0) is 23.2 Å². The van der Waals surface area contributed by atoms with E-state index in [1.807, 2.05) is 4.90 Å². The third-order valence-corrected chi connectivity index (χ3v) is 13.6. The zero-order valence-electron chi connectivity index (χ0n) is 20.7. The van der Waals surface area contributed by atoms with Gasteiger partial charge in [0.1, 0.15) is 6.10 Å². The van der Waals surface area contributed by atoms with Gasteiger partial charge in [-0.05, 0) is 51.1 Å². The van der Waals surface area contributed by atoms with E-state index in [4.69, 9.17) is 13.6 Å². The topological polar surface area (TPSA) is 71.6 Å². The molecule has 2 amide bonds. The van der Waals surface area contributed by atoms with Gasteiger partial charge < -0.3 is 23.4 Å². The minimum Gasteiger partial charge on any atom is -0.455 e. The third kappa shape index (κ3) is 10.7. The quantitative estimate of drug-likeness (QED) is 0.154. The Morgan fingerprint density at radius 3 is 2.22 bits per heavy atom. The summed E-state index contributed by atoms with van der Waals surface area (Å²) in [5, 5.41) is 0. The van der Waals surface area contributed by atoms with E-state index < -0.39 is 16.6 Å². The maximum atomic E-state index is 12.5. The van der Waals surface area contributed by atoms with E-state index in [-0.39, 0.29) is 11.8 Å². The minimum atomic E-state index is -1.74. The van der Waals surface area contributed by atoms with Gasteiger partial charge in [-0.25, -0.2) is 0 Å². The highest BCUT2D eigenvalue weighted by molar-refractivity contribution is 6.84. The maximum Gasteiger partial charge on any atom is 0.224 e. The molecule has 2 heterocycles. The van der Waals surface area contributed by atoms with Gasteiger partial charge in [-0.15, -0.1) is 6.58 Å². The van der Waals surface area contributed by atoms with Crippen LogP contribution in [0.3, 0.4) is 0 Å². The molecule has 7 nitrogen and oxygen atoms in total. The van der Waals surface area contributed by atoms with E-state index >= 15 is 0 Å². The Kier molecular flexibility index (Phi) is 11.1. The molecule has 184 valence electrons. The molecule has 2 aliphatic heterocycles. The van der Waals surface area contributed by atoms with Crippen LogP contribution in [0.5, 0.6) is 0 Å². The van der Waals surface area contributed by atoms with Crippen LogP contribution in [0.1, 0.15) is 32.1 Å². The molecule has 0 saturated carbocycles. The van der Waals surface area contributed by atoms with Gasteiger partial charge in [0, 0.05) is 45.6 Å². The van der Waals surface area contributed by atoms with Crippen molar-refractivity contribution in [2.45, 2.75) is 76.5 Å². The molecule has 0 bridgehead atoms. The van der Waals surface area contributed by atoms with Crippen LogP contribution in [0.2, 0.25) is 38.3 Å². The first-order valence-electron chi connectivity index (χ1n) is 12.2. The van der Waals surface area contributed by atoms with Gasteiger partial charge in [0.2, 0.25) is 11.8 Å². The molecule has 0 aromatic rings. The average molecular weight is 485 g/mol. The van der Waals surface area contributed by atoms with Crippen molar-refractivity contribution in [3.8, 4) is 0 Å². The Hall–Kier alpha value is -1.01. The van der Waals surface area contributed by atoms with E-state index in [1.165, 1.54) is 0 Å². The molecule has 2 saturated heterocycles. The molecule has 0 aromatic carbocycles. The Bertz CT molecular complexity index is 626. The van der Waals surface area contributed by atoms with Crippen LogP contribution in [0.4, 0.5) is 0 Å². The van der Waals surface area contributed by atoms with Crippen LogP contribution in [0.15, 0.2) is 12.7 Å². The SMILES string of the molecule is C=CCN1CCC(=O)N(CCCC[Si](C)(C)O[Si](C)(C)CCCOCC2CO2)CCC1=O. The fraction of sp³-hybridized carbons (Fsp3) is 0.826. The Morgan fingerprint density at radius 1 is 1.00 bits per heavy atom. The third-order valence-electron chi connectivity index (χ3n) is 6.03. The molecule has 0 spiro atoms. The van der Waals surface area contributed by atoms with E-state index in [0.717, 1.165) is 57.7 Å². The van der Waals surface area contributed by atoms with E-state index in [0.29, 0.717) is 38.6 Å². The summed E-state index contributed by atoms with van der Waals surface area (Å²) in [5.74, 6) is 0.270. The van der Waals surface area contributed by atoms with Crippen molar-refractivity contribution in [1.82, 2.24) is 9.80 Å². The van der Waals surface area contributed by atoms with Gasteiger partial charge in [0.25, 0.3) is 0 Å². The number of rotatable bonds is 15. The van der Waals surface area contributed by atoms with Gasteiger partial charge in [0.05, 0.1) is 13.2 Å². The lowest BCUT2D eigenvalue weighted by atomic mass is 10.2. The highest BCUT2D eigenvalue weighted by Crippen LogP contribution is 2.24. The molecular weight excluding hydrogens is 440 g/mol. The van der Waals surface area contributed by atoms with Gasteiger partial charge in [-0.3, -0.25) is 9.59 Å². The monoisotopic (exact) mass is 484 g/mol. The molecule has 0 aromatic heterocycles. The number of unbranched alkanes of at least 4 members (excludes halogenated alkanes) is 1. The van der Waals surface area contributed by atoms with Gasteiger partial charge in [-0.1, -0.05) is 12.5 Å². The standard InChI is InChI=1S/C23H44N2O5Si2/c1-6-12-24-14-10-23(27)25(15-11-22(24)26)13-7-8-17-31(2,3)30-32(4,5)18-9-16-28-19-21-20-29-21/h6,21H,1,7-20H2,2-5H3. The van der Waals surface area contributed by atoms with Crippen molar-refractivity contribution >= 4 is 28.4 Å². The number of ether oxygens (including phenoxy) is 2. The molecule has 2 fully saturated rings. The van der Waals surface area contributed by atoms with Crippen LogP contribution in [0, 0.1) is 0 Å². The van der Waals surface area contributed by atoms with Crippen molar-refractivity contribution in [1.29, 1.82) is 0 Å². The highest BCUT2D eigenvalue weighted by Gasteiger charge is 2.32. The largest absolute Gasteiger partial charge is 0.455 e. The molecule has 2 aliphatic rings. The first kappa shape index (κ1) is 27.2. The second-order valence-electron chi connectivity index (χ2n) is 10.2. The summed E-state index contributed by atoms with van der Waals surface area (Å²) in [6, 6.07) is 2.22. The summed E-state index contributed by atoms with van der Waals surface area (Å²) in [5.41, 5.74) is 0. The molecule has 9 heteroatoms. The molecule has 2 rings (SSSR count).